The van der Waals surface area contributed by atoms with Crippen molar-refractivity contribution < 1.29 is 8.42 Å². The number of hydrogen-bond donors (Lipinski definition) is 2. The van der Waals surface area contributed by atoms with Gasteiger partial charge in [-0.15, -0.1) is 12.4 Å². The molecule has 1 aromatic carbocycles. The average Bonchev–Trinajstić information content (AvgIpc) is 2.37. The summed E-state index contributed by atoms with van der Waals surface area (Å²) in [4.78, 5) is 0.369. The minimum atomic E-state index is -3.43. The van der Waals surface area contributed by atoms with E-state index in [9.17, 15) is 8.42 Å². The van der Waals surface area contributed by atoms with Crippen molar-refractivity contribution in [2.24, 2.45) is 5.41 Å². The number of aryl methyl sites for hydroxylation is 1. The van der Waals surface area contributed by atoms with Crippen molar-refractivity contribution in [2.75, 3.05) is 13.1 Å². The molecule has 0 bridgehead atoms. The van der Waals surface area contributed by atoms with Gasteiger partial charge in [0.15, 0.2) is 0 Å². The van der Waals surface area contributed by atoms with Crippen LogP contribution < -0.4 is 10.0 Å². The van der Waals surface area contributed by atoms with Gasteiger partial charge in [-0.1, -0.05) is 32.0 Å². The van der Waals surface area contributed by atoms with E-state index in [4.69, 9.17) is 0 Å². The Morgan fingerprint density at radius 3 is 2.62 bits per heavy atom. The molecular weight excluding hydrogens is 308 g/mol. The largest absolute Gasteiger partial charge is 0.312 e. The highest BCUT2D eigenvalue weighted by molar-refractivity contribution is 7.89. The minimum absolute atomic E-state index is 0. The Morgan fingerprint density at radius 2 is 2.00 bits per heavy atom. The number of halogens is 1. The van der Waals surface area contributed by atoms with Crippen LogP contribution in [0.25, 0.3) is 0 Å². The summed E-state index contributed by atoms with van der Waals surface area (Å²) in [5.41, 5.74) is 0.892. The summed E-state index contributed by atoms with van der Waals surface area (Å²) in [5, 5.41) is 3.42. The molecule has 0 spiro atoms. The van der Waals surface area contributed by atoms with E-state index in [0.717, 1.165) is 24.9 Å². The lowest BCUT2D eigenvalue weighted by molar-refractivity contribution is 0.181. The van der Waals surface area contributed by atoms with Crippen molar-refractivity contribution in [3.8, 4) is 0 Å². The van der Waals surface area contributed by atoms with Gasteiger partial charge in [-0.2, -0.15) is 0 Å². The molecule has 1 aliphatic rings. The van der Waals surface area contributed by atoms with Gasteiger partial charge in [0.1, 0.15) is 0 Å². The molecule has 0 saturated carbocycles. The first-order chi connectivity index (χ1) is 9.33. The normalized spacial score (nSPS) is 21.6. The standard InChI is InChI=1S/C15H24N2O2S.ClH/c1-12-7-4-5-8-13(12)20(18,19)17-11-14-15(2,3)9-6-10-16-14;/h4-5,7-8,14,16-17H,6,9-11H2,1-3H3;1H. The Kier molecular flexibility index (Phi) is 6.23. The second-order valence-electron chi connectivity index (χ2n) is 6.22. The lowest BCUT2D eigenvalue weighted by atomic mass is 9.78. The number of piperidine rings is 1. The third-order valence-corrected chi connectivity index (χ3v) is 5.78. The summed E-state index contributed by atoms with van der Waals surface area (Å²) >= 11 is 0. The van der Waals surface area contributed by atoms with E-state index in [1.54, 1.807) is 12.1 Å². The number of benzene rings is 1. The molecule has 6 heteroatoms. The highest BCUT2D eigenvalue weighted by atomic mass is 35.5. The molecule has 1 aliphatic heterocycles. The molecule has 0 amide bonds. The Hall–Kier alpha value is -0.620. The van der Waals surface area contributed by atoms with Crippen LogP contribution in [0.4, 0.5) is 0 Å². The van der Waals surface area contributed by atoms with E-state index in [2.05, 4.69) is 23.9 Å². The van der Waals surface area contributed by atoms with E-state index < -0.39 is 10.0 Å². The van der Waals surface area contributed by atoms with Gasteiger partial charge in [0.05, 0.1) is 4.90 Å². The van der Waals surface area contributed by atoms with Crippen molar-refractivity contribution in [3.63, 3.8) is 0 Å². The lowest BCUT2D eigenvalue weighted by Gasteiger charge is -2.39. The summed E-state index contributed by atoms with van der Waals surface area (Å²) < 4.78 is 27.5. The van der Waals surface area contributed by atoms with Crippen molar-refractivity contribution in [1.29, 1.82) is 0 Å². The second kappa shape index (κ2) is 7.09. The fourth-order valence-corrected chi connectivity index (χ4v) is 4.04. The summed E-state index contributed by atoms with van der Waals surface area (Å²) in [6.45, 7) is 7.58. The van der Waals surface area contributed by atoms with Crippen molar-refractivity contribution in [1.82, 2.24) is 10.0 Å². The molecule has 21 heavy (non-hydrogen) atoms. The number of nitrogens with one attached hydrogen (secondary N) is 2. The van der Waals surface area contributed by atoms with Gasteiger partial charge in [0.2, 0.25) is 10.0 Å². The molecule has 2 N–H and O–H groups in total. The molecule has 0 aromatic heterocycles. The molecule has 0 aliphatic carbocycles. The molecular formula is C15H25ClN2O2S. The van der Waals surface area contributed by atoms with Gasteiger partial charge in [-0.25, -0.2) is 13.1 Å². The van der Waals surface area contributed by atoms with Gasteiger partial charge in [-0.05, 0) is 43.4 Å². The van der Waals surface area contributed by atoms with Crippen LogP contribution in [0.15, 0.2) is 29.2 Å². The molecule has 0 radical (unpaired) electrons. The summed E-state index contributed by atoms with van der Waals surface area (Å²) in [6.07, 6.45) is 2.27. The number of hydrogen-bond acceptors (Lipinski definition) is 3. The molecule has 1 saturated heterocycles. The van der Waals surface area contributed by atoms with Crippen LogP contribution in [-0.2, 0) is 10.0 Å². The van der Waals surface area contributed by atoms with E-state index >= 15 is 0 Å². The Morgan fingerprint density at radius 1 is 1.33 bits per heavy atom. The van der Waals surface area contributed by atoms with Gasteiger partial charge in [-0.3, -0.25) is 0 Å². The third kappa shape index (κ3) is 4.42. The van der Waals surface area contributed by atoms with Crippen LogP contribution in [-0.4, -0.2) is 27.5 Å². The van der Waals surface area contributed by atoms with Crippen LogP contribution in [0.1, 0.15) is 32.3 Å². The predicted molar refractivity (Wildman–Crippen MR) is 88.4 cm³/mol. The smallest absolute Gasteiger partial charge is 0.240 e. The zero-order valence-electron chi connectivity index (χ0n) is 12.8. The fourth-order valence-electron chi connectivity index (χ4n) is 2.75. The molecule has 4 nitrogen and oxygen atoms in total. The molecule has 1 unspecified atom stereocenters. The van der Waals surface area contributed by atoms with Crippen LogP contribution in [0.2, 0.25) is 0 Å². The second-order valence-corrected chi connectivity index (χ2v) is 7.95. The topological polar surface area (TPSA) is 58.2 Å². The van der Waals surface area contributed by atoms with Gasteiger partial charge in [0, 0.05) is 12.6 Å². The average molecular weight is 333 g/mol. The molecule has 2 rings (SSSR count). The van der Waals surface area contributed by atoms with Gasteiger partial charge < -0.3 is 5.32 Å². The molecule has 1 atom stereocenters. The minimum Gasteiger partial charge on any atom is -0.312 e. The van der Waals surface area contributed by atoms with Crippen LogP contribution in [0.5, 0.6) is 0 Å². The van der Waals surface area contributed by atoms with Crippen LogP contribution in [0, 0.1) is 12.3 Å². The highest BCUT2D eigenvalue weighted by Gasteiger charge is 2.32. The molecule has 1 aromatic rings. The van der Waals surface area contributed by atoms with Gasteiger partial charge >= 0.3 is 0 Å². The van der Waals surface area contributed by atoms with Crippen molar-refractivity contribution >= 4 is 22.4 Å². The van der Waals surface area contributed by atoms with E-state index in [-0.39, 0.29) is 23.9 Å². The summed E-state index contributed by atoms with van der Waals surface area (Å²) in [6, 6.07) is 7.24. The zero-order valence-corrected chi connectivity index (χ0v) is 14.5. The maximum absolute atomic E-state index is 12.4. The first-order valence-electron chi connectivity index (χ1n) is 7.12. The third-order valence-electron chi connectivity index (χ3n) is 4.19. The molecule has 1 heterocycles. The van der Waals surface area contributed by atoms with E-state index in [1.807, 2.05) is 19.1 Å². The molecule has 120 valence electrons. The van der Waals surface area contributed by atoms with Crippen molar-refractivity contribution in [2.45, 2.75) is 44.6 Å². The summed E-state index contributed by atoms with van der Waals surface area (Å²) in [7, 11) is -3.43. The Labute approximate surface area is 134 Å². The highest BCUT2D eigenvalue weighted by Crippen LogP contribution is 2.29. The maximum Gasteiger partial charge on any atom is 0.240 e. The maximum atomic E-state index is 12.4. The Bertz CT molecular complexity index is 573. The lowest BCUT2D eigenvalue weighted by Crippen LogP contribution is -2.52. The first-order valence-corrected chi connectivity index (χ1v) is 8.60. The zero-order chi connectivity index (χ0) is 14.8. The number of rotatable bonds is 4. The predicted octanol–water partition coefficient (Wildman–Crippen LogP) is 2.47. The summed E-state index contributed by atoms with van der Waals surface area (Å²) in [5.74, 6) is 0. The first kappa shape index (κ1) is 18.4. The van der Waals surface area contributed by atoms with E-state index in [0.29, 0.717) is 11.4 Å². The number of sulfonamides is 1. The van der Waals surface area contributed by atoms with Crippen molar-refractivity contribution in [3.05, 3.63) is 29.8 Å². The van der Waals surface area contributed by atoms with Crippen LogP contribution in [0.3, 0.4) is 0 Å². The Balaban J connectivity index is 0.00000220. The van der Waals surface area contributed by atoms with Crippen LogP contribution >= 0.6 is 12.4 Å². The quantitative estimate of drug-likeness (QED) is 0.890. The van der Waals surface area contributed by atoms with Gasteiger partial charge in [0.25, 0.3) is 0 Å². The SMILES string of the molecule is Cc1ccccc1S(=O)(=O)NCC1NCCCC1(C)C.Cl. The monoisotopic (exact) mass is 332 g/mol. The fraction of sp³-hybridized carbons (Fsp3) is 0.600. The molecule has 1 fully saturated rings. The van der Waals surface area contributed by atoms with E-state index in [1.165, 1.54) is 0 Å².